The Morgan fingerprint density at radius 2 is 2.00 bits per heavy atom. The number of amides is 1. The highest BCUT2D eigenvalue weighted by atomic mass is 16.6. The molecule has 6 nitrogen and oxygen atoms in total. The quantitative estimate of drug-likeness (QED) is 0.538. The summed E-state index contributed by atoms with van der Waals surface area (Å²) in [5.41, 5.74) is 4.15. The molecule has 0 radical (unpaired) electrons. The van der Waals surface area contributed by atoms with Gasteiger partial charge in [-0.15, -0.1) is 0 Å². The minimum absolute atomic E-state index is 0.0542. The highest BCUT2D eigenvalue weighted by Gasteiger charge is 2.23. The van der Waals surface area contributed by atoms with E-state index in [1.165, 1.54) is 6.07 Å². The van der Waals surface area contributed by atoms with Gasteiger partial charge in [0.25, 0.3) is 5.69 Å². The van der Waals surface area contributed by atoms with Gasteiger partial charge < -0.3 is 9.47 Å². The molecule has 1 aliphatic heterocycles. The molecule has 0 unspecified atom stereocenters. The first-order chi connectivity index (χ1) is 12.5. The maximum atomic E-state index is 12.8. The smallest absolute Gasteiger partial charge is 0.269 e. The Kier molecular flexibility index (Phi) is 3.95. The second kappa shape index (κ2) is 6.29. The van der Waals surface area contributed by atoms with E-state index in [2.05, 4.69) is 0 Å². The first kappa shape index (κ1) is 16.3. The number of hydrogen-bond donors (Lipinski definition) is 0. The normalized spacial score (nSPS) is 13.7. The van der Waals surface area contributed by atoms with Crippen LogP contribution in [0.5, 0.6) is 0 Å². The fourth-order valence-corrected chi connectivity index (χ4v) is 3.71. The van der Waals surface area contributed by atoms with E-state index in [-0.39, 0.29) is 11.6 Å². The number of aromatic nitrogens is 1. The molecule has 0 aliphatic carbocycles. The van der Waals surface area contributed by atoms with Crippen molar-refractivity contribution in [1.29, 1.82) is 0 Å². The number of fused-ring (bicyclic) bond motifs is 2. The molecule has 1 amide bonds. The van der Waals surface area contributed by atoms with E-state index < -0.39 is 4.92 Å². The Bertz CT molecular complexity index is 1020. The van der Waals surface area contributed by atoms with Crippen molar-refractivity contribution in [2.45, 2.75) is 19.4 Å². The topological polar surface area (TPSA) is 68.4 Å². The van der Waals surface area contributed by atoms with Gasteiger partial charge in [0.05, 0.1) is 11.3 Å². The van der Waals surface area contributed by atoms with Crippen molar-refractivity contribution < 1.29 is 9.72 Å². The summed E-state index contributed by atoms with van der Waals surface area (Å²) in [5, 5.41) is 12.1. The molecular weight excluding hydrogens is 330 g/mol. The summed E-state index contributed by atoms with van der Waals surface area (Å²) in [6, 6.07) is 13.0. The fraction of sp³-hybridized carbons (Fsp3) is 0.250. The van der Waals surface area contributed by atoms with E-state index in [4.69, 9.17) is 0 Å². The Morgan fingerprint density at radius 1 is 1.19 bits per heavy atom. The number of para-hydroxylation sites is 1. The predicted molar refractivity (Wildman–Crippen MR) is 98.8 cm³/mol. The summed E-state index contributed by atoms with van der Waals surface area (Å²) in [6.45, 7) is 1.08. The largest absolute Gasteiger partial charge is 0.350 e. The molecule has 132 valence electrons. The number of aryl methyl sites for hydroxylation is 1. The van der Waals surface area contributed by atoms with E-state index >= 15 is 0 Å². The molecule has 0 spiro atoms. The highest BCUT2D eigenvalue weighted by Crippen LogP contribution is 2.26. The molecule has 4 rings (SSSR count). The van der Waals surface area contributed by atoms with Gasteiger partial charge in [-0.2, -0.15) is 0 Å². The lowest BCUT2D eigenvalue weighted by molar-refractivity contribution is -0.385. The summed E-state index contributed by atoms with van der Waals surface area (Å²) < 4.78 is 2.03. The average Bonchev–Trinajstić information content (AvgIpc) is 2.96. The van der Waals surface area contributed by atoms with Crippen molar-refractivity contribution in [1.82, 2.24) is 9.47 Å². The number of rotatable bonds is 3. The third-order valence-corrected chi connectivity index (χ3v) is 5.09. The SMILES string of the molecule is Cn1cc(CC(=O)N2CCc3ccc([N+](=O)[O-])cc3C2)c2ccccc21. The number of carbonyl (C=O) groups excluding carboxylic acids is 1. The third kappa shape index (κ3) is 2.83. The molecule has 2 heterocycles. The van der Waals surface area contributed by atoms with Crippen LogP contribution < -0.4 is 0 Å². The first-order valence-corrected chi connectivity index (χ1v) is 8.60. The average molecular weight is 349 g/mol. The van der Waals surface area contributed by atoms with Crippen molar-refractivity contribution in [2.24, 2.45) is 7.05 Å². The van der Waals surface area contributed by atoms with Crippen molar-refractivity contribution in [3.63, 3.8) is 0 Å². The monoisotopic (exact) mass is 349 g/mol. The van der Waals surface area contributed by atoms with E-state index in [0.29, 0.717) is 19.5 Å². The first-order valence-electron chi connectivity index (χ1n) is 8.60. The lowest BCUT2D eigenvalue weighted by Gasteiger charge is -2.28. The van der Waals surface area contributed by atoms with Gasteiger partial charge in [-0.3, -0.25) is 14.9 Å². The minimum atomic E-state index is -0.392. The van der Waals surface area contributed by atoms with Crippen molar-refractivity contribution in [2.75, 3.05) is 6.54 Å². The number of nitrogens with zero attached hydrogens (tertiary/aromatic N) is 3. The van der Waals surface area contributed by atoms with Crippen LogP contribution in [0, 0.1) is 10.1 Å². The minimum Gasteiger partial charge on any atom is -0.350 e. The summed E-state index contributed by atoms with van der Waals surface area (Å²) in [5.74, 6) is 0.0542. The van der Waals surface area contributed by atoms with Crippen LogP contribution in [0.15, 0.2) is 48.7 Å². The van der Waals surface area contributed by atoms with Crippen LogP contribution in [0.25, 0.3) is 10.9 Å². The van der Waals surface area contributed by atoms with Crippen molar-refractivity contribution in [3.8, 4) is 0 Å². The Hall–Kier alpha value is -3.15. The second-order valence-electron chi connectivity index (χ2n) is 6.73. The molecule has 0 bridgehead atoms. The zero-order valence-electron chi connectivity index (χ0n) is 14.5. The zero-order chi connectivity index (χ0) is 18.3. The van der Waals surface area contributed by atoms with Gasteiger partial charge in [0.15, 0.2) is 0 Å². The molecule has 0 saturated heterocycles. The highest BCUT2D eigenvalue weighted by molar-refractivity contribution is 5.89. The summed E-state index contributed by atoms with van der Waals surface area (Å²) in [6.07, 6.45) is 3.07. The summed E-state index contributed by atoms with van der Waals surface area (Å²) in [4.78, 5) is 25.2. The predicted octanol–water partition coefficient (Wildman–Crippen LogP) is 3.21. The van der Waals surface area contributed by atoms with Crippen LogP contribution in [-0.4, -0.2) is 26.8 Å². The number of nitro benzene ring substituents is 1. The molecule has 0 N–H and O–H groups in total. The maximum Gasteiger partial charge on any atom is 0.269 e. The van der Waals surface area contributed by atoms with Crippen LogP contribution in [-0.2, 0) is 31.2 Å². The van der Waals surface area contributed by atoms with Gasteiger partial charge in [0.1, 0.15) is 0 Å². The van der Waals surface area contributed by atoms with E-state index in [9.17, 15) is 14.9 Å². The molecule has 6 heteroatoms. The van der Waals surface area contributed by atoms with Gasteiger partial charge in [0.2, 0.25) is 5.91 Å². The molecule has 26 heavy (non-hydrogen) atoms. The maximum absolute atomic E-state index is 12.8. The van der Waals surface area contributed by atoms with Crippen LogP contribution in [0.3, 0.4) is 0 Å². The molecule has 1 aliphatic rings. The number of carbonyl (C=O) groups is 1. The summed E-state index contributed by atoms with van der Waals surface area (Å²) >= 11 is 0. The molecule has 0 fully saturated rings. The van der Waals surface area contributed by atoms with Crippen molar-refractivity contribution in [3.05, 3.63) is 75.5 Å². The molecular formula is C20H19N3O3. The molecule has 1 aromatic heterocycles. The molecule has 0 atom stereocenters. The van der Waals surface area contributed by atoms with Crippen LogP contribution in [0.1, 0.15) is 16.7 Å². The third-order valence-electron chi connectivity index (χ3n) is 5.09. The van der Waals surface area contributed by atoms with E-state index in [1.54, 1.807) is 17.0 Å². The van der Waals surface area contributed by atoms with Crippen LogP contribution >= 0.6 is 0 Å². The van der Waals surface area contributed by atoms with Crippen LogP contribution in [0.4, 0.5) is 5.69 Å². The molecule has 0 saturated carbocycles. The standard InChI is InChI=1S/C20H19N3O3/c1-21-12-16(18-4-2-3-5-19(18)21)11-20(24)22-9-8-14-6-7-17(23(25)26)10-15(14)13-22/h2-7,10,12H,8-9,11,13H2,1H3. The number of hydrogen-bond acceptors (Lipinski definition) is 3. The lowest BCUT2D eigenvalue weighted by Crippen LogP contribution is -2.36. The molecule has 3 aromatic rings. The van der Waals surface area contributed by atoms with Crippen LogP contribution in [0.2, 0.25) is 0 Å². The van der Waals surface area contributed by atoms with Gasteiger partial charge in [-0.25, -0.2) is 0 Å². The Morgan fingerprint density at radius 3 is 2.81 bits per heavy atom. The lowest BCUT2D eigenvalue weighted by atomic mass is 9.98. The van der Waals surface area contributed by atoms with Crippen molar-refractivity contribution >= 4 is 22.5 Å². The number of benzene rings is 2. The summed E-state index contributed by atoms with van der Waals surface area (Å²) in [7, 11) is 1.98. The van der Waals surface area contributed by atoms with E-state index in [1.807, 2.05) is 42.1 Å². The number of non-ortho nitro benzene ring substituents is 1. The van der Waals surface area contributed by atoms with Gasteiger partial charge >= 0.3 is 0 Å². The van der Waals surface area contributed by atoms with E-state index in [0.717, 1.165) is 34.0 Å². The molecule has 2 aromatic carbocycles. The second-order valence-corrected chi connectivity index (χ2v) is 6.73. The van der Waals surface area contributed by atoms with Gasteiger partial charge in [-0.1, -0.05) is 24.3 Å². The Labute approximate surface area is 150 Å². The van der Waals surface area contributed by atoms with Gasteiger partial charge in [0, 0.05) is 49.4 Å². The fourth-order valence-electron chi connectivity index (χ4n) is 3.71. The zero-order valence-corrected chi connectivity index (χ0v) is 14.5. The number of nitro groups is 1. The van der Waals surface area contributed by atoms with Gasteiger partial charge in [-0.05, 0) is 29.2 Å². The Balaban J connectivity index is 1.56.